The molecule has 2 aromatic rings. The number of aliphatic hydroxyl groups is 1. The molecule has 1 aromatic heterocycles. The number of ether oxygens (including phenoxy) is 1. The highest BCUT2D eigenvalue weighted by Crippen LogP contribution is 2.15. The normalized spacial score (nSPS) is 12.8. The van der Waals surface area contributed by atoms with Crippen molar-refractivity contribution in [1.29, 1.82) is 0 Å². The summed E-state index contributed by atoms with van der Waals surface area (Å²) in [7, 11) is 1.72. The average molecular weight is 358 g/mol. The molecule has 1 atom stereocenters. The molecule has 0 aliphatic carbocycles. The van der Waals surface area contributed by atoms with Crippen LogP contribution in [0, 0.1) is 0 Å². The first-order valence-corrected chi connectivity index (χ1v) is 9.20. The lowest BCUT2D eigenvalue weighted by atomic mass is 10.0. The van der Waals surface area contributed by atoms with Crippen LogP contribution in [-0.2, 0) is 11.2 Å². The summed E-state index contributed by atoms with van der Waals surface area (Å²) in [4.78, 5) is 17.9. The van der Waals surface area contributed by atoms with E-state index < -0.39 is 5.60 Å². The molecule has 0 aliphatic rings. The van der Waals surface area contributed by atoms with Crippen LogP contribution >= 0.6 is 0 Å². The third-order valence-electron chi connectivity index (χ3n) is 4.15. The number of amides is 1. The Morgan fingerprint density at radius 3 is 2.73 bits per heavy atom. The van der Waals surface area contributed by atoms with E-state index in [1.807, 2.05) is 45.2 Å². The van der Waals surface area contributed by atoms with E-state index in [1.165, 1.54) is 0 Å². The van der Waals surface area contributed by atoms with Gasteiger partial charge in [-0.3, -0.25) is 4.98 Å². The highest BCUT2D eigenvalue weighted by molar-refractivity contribution is 5.78. The number of para-hydroxylation sites is 1. The van der Waals surface area contributed by atoms with Crippen LogP contribution < -0.4 is 0 Å². The molecule has 1 amide bonds. The van der Waals surface area contributed by atoms with Gasteiger partial charge in [-0.05, 0) is 64.2 Å². The minimum Gasteiger partial charge on any atom is -0.444 e. The molecule has 142 valence electrons. The third-order valence-corrected chi connectivity index (χ3v) is 4.15. The number of aliphatic hydroxyl groups excluding tert-OH is 1. The van der Waals surface area contributed by atoms with E-state index in [-0.39, 0.29) is 12.2 Å². The van der Waals surface area contributed by atoms with Crippen LogP contribution in [0.5, 0.6) is 0 Å². The fourth-order valence-electron chi connectivity index (χ4n) is 2.73. The molecule has 1 unspecified atom stereocenters. The second kappa shape index (κ2) is 8.99. The topological polar surface area (TPSA) is 62.7 Å². The van der Waals surface area contributed by atoms with E-state index in [0.29, 0.717) is 19.4 Å². The summed E-state index contributed by atoms with van der Waals surface area (Å²) in [6.07, 6.45) is 4.06. The molecule has 0 bridgehead atoms. The van der Waals surface area contributed by atoms with Crippen molar-refractivity contribution < 1.29 is 14.6 Å². The Hall–Kier alpha value is -2.14. The number of aryl methyl sites for hydroxylation is 1. The lowest BCUT2D eigenvalue weighted by Crippen LogP contribution is -2.35. The molecule has 0 radical (unpaired) electrons. The van der Waals surface area contributed by atoms with Crippen LogP contribution in [0.2, 0.25) is 0 Å². The number of hydrogen-bond acceptors (Lipinski definition) is 4. The van der Waals surface area contributed by atoms with Gasteiger partial charge in [0.25, 0.3) is 0 Å². The number of fused-ring (bicyclic) bond motifs is 1. The summed E-state index contributed by atoms with van der Waals surface area (Å²) in [5.74, 6) is 0. The van der Waals surface area contributed by atoms with E-state index in [2.05, 4.69) is 17.1 Å². The van der Waals surface area contributed by atoms with Gasteiger partial charge < -0.3 is 14.7 Å². The maximum Gasteiger partial charge on any atom is 0.410 e. The minimum atomic E-state index is -0.487. The molecular weight excluding hydrogens is 328 g/mol. The van der Waals surface area contributed by atoms with E-state index in [0.717, 1.165) is 29.3 Å². The maximum atomic E-state index is 11.9. The van der Waals surface area contributed by atoms with Crippen molar-refractivity contribution in [2.75, 3.05) is 13.6 Å². The van der Waals surface area contributed by atoms with E-state index in [9.17, 15) is 9.90 Å². The first kappa shape index (κ1) is 20.2. The molecular formula is C21H30N2O3. The minimum absolute atomic E-state index is 0.325. The SMILES string of the molecule is CN(CCCC(O)CCc1cnc2ccccc2c1)C(=O)OC(C)(C)C. The van der Waals surface area contributed by atoms with Crippen molar-refractivity contribution in [3.8, 4) is 0 Å². The number of nitrogens with zero attached hydrogens (tertiary/aromatic N) is 2. The maximum absolute atomic E-state index is 11.9. The fraction of sp³-hybridized carbons (Fsp3) is 0.524. The van der Waals surface area contributed by atoms with Crippen LogP contribution in [0.4, 0.5) is 4.79 Å². The van der Waals surface area contributed by atoms with Crippen LogP contribution in [0.1, 0.15) is 45.6 Å². The Balaban J connectivity index is 1.71. The van der Waals surface area contributed by atoms with Crippen molar-refractivity contribution in [3.63, 3.8) is 0 Å². The fourth-order valence-corrected chi connectivity index (χ4v) is 2.73. The largest absolute Gasteiger partial charge is 0.444 e. The van der Waals surface area contributed by atoms with E-state index in [4.69, 9.17) is 4.74 Å². The standard InChI is InChI=1S/C21H30N2O3/c1-21(2,3)26-20(25)23(4)13-7-9-18(24)12-11-16-14-17-8-5-6-10-19(17)22-15-16/h5-6,8,10,14-15,18,24H,7,9,11-13H2,1-4H3. The highest BCUT2D eigenvalue weighted by atomic mass is 16.6. The van der Waals surface area contributed by atoms with Crippen molar-refractivity contribution in [2.45, 2.75) is 58.2 Å². The van der Waals surface area contributed by atoms with Crippen molar-refractivity contribution in [1.82, 2.24) is 9.88 Å². The van der Waals surface area contributed by atoms with Crippen molar-refractivity contribution in [3.05, 3.63) is 42.1 Å². The second-order valence-corrected chi connectivity index (χ2v) is 7.77. The monoisotopic (exact) mass is 358 g/mol. The molecule has 5 heteroatoms. The highest BCUT2D eigenvalue weighted by Gasteiger charge is 2.19. The van der Waals surface area contributed by atoms with Crippen LogP contribution in [-0.4, -0.2) is 46.4 Å². The van der Waals surface area contributed by atoms with Gasteiger partial charge in [0.05, 0.1) is 11.6 Å². The van der Waals surface area contributed by atoms with Crippen LogP contribution in [0.15, 0.2) is 36.5 Å². The summed E-state index contributed by atoms with van der Waals surface area (Å²) in [5, 5.41) is 11.3. The lowest BCUT2D eigenvalue weighted by molar-refractivity contribution is 0.0288. The molecule has 26 heavy (non-hydrogen) atoms. The van der Waals surface area contributed by atoms with Gasteiger partial charge in [0.15, 0.2) is 0 Å². The van der Waals surface area contributed by atoms with Gasteiger partial charge in [-0.2, -0.15) is 0 Å². The van der Waals surface area contributed by atoms with Gasteiger partial charge in [-0.1, -0.05) is 18.2 Å². The molecule has 0 aliphatic heterocycles. The molecule has 0 saturated carbocycles. The molecule has 5 nitrogen and oxygen atoms in total. The number of carbonyl (C=O) groups is 1. The third kappa shape index (κ3) is 6.64. The molecule has 1 N–H and O–H groups in total. The van der Waals surface area contributed by atoms with Crippen molar-refractivity contribution >= 4 is 17.0 Å². The van der Waals surface area contributed by atoms with E-state index >= 15 is 0 Å². The molecule has 1 heterocycles. The zero-order valence-electron chi connectivity index (χ0n) is 16.2. The zero-order valence-corrected chi connectivity index (χ0v) is 16.2. The Kier molecular flexibility index (Phi) is 6.98. The summed E-state index contributed by atoms with van der Waals surface area (Å²) in [5.41, 5.74) is 1.63. The second-order valence-electron chi connectivity index (χ2n) is 7.77. The Morgan fingerprint density at radius 1 is 1.27 bits per heavy atom. The Bertz CT molecular complexity index is 725. The molecule has 0 saturated heterocycles. The lowest BCUT2D eigenvalue weighted by Gasteiger charge is -2.24. The number of benzene rings is 1. The van der Waals surface area contributed by atoms with Gasteiger partial charge in [0.1, 0.15) is 5.60 Å². The summed E-state index contributed by atoms with van der Waals surface area (Å²) < 4.78 is 5.32. The summed E-state index contributed by atoms with van der Waals surface area (Å²) in [6, 6.07) is 10.2. The summed E-state index contributed by atoms with van der Waals surface area (Å²) in [6.45, 7) is 6.13. The smallest absolute Gasteiger partial charge is 0.410 e. The van der Waals surface area contributed by atoms with E-state index in [1.54, 1.807) is 11.9 Å². The van der Waals surface area contributed by atoms with Gasteiger partial charge in [0, 0.05) is 25.2 Å². The van der Waals surface area contributed by atoms with Crippen LogP contribution in [0.3, 0.4) is 0 Å². The quantitative estimate of drug-likeness (QED) is 0.807. The number of pyridine rings is 1. The van der Waals surface area contributed by atoms with Gasteiger partial charge >= 0.3 is 6.09 Å². The Labute approximate surface area is 156 Å². The predicted octanol–water partition coefficient (Wildman–Crippen LogP) is 4.18. The molecule has 1 aromatic carbocycles. The zero-order chi connectivity index (χ0) is 19.2. The van der Waals surface area contributed by atoms with Gasteiger partial charge in [-0.25, -0.2) is 4.79 Å². The average Bonchev–Trinajstić information content (AvgIpc) is 2.58. The number of rotatable bonds is 7. The first-order valence-electron chi connectivity index (χ1n) is 9.20. The predicted molar refractivity (Wildman–Crippen MR) is 104 cm³/mol. The van der Waals surface area contributed by atoms with Crippen LogP contribution in [0.25, 0.3) is 10.9 Å². The van der Waals surface area contributed by atoms with Gasteiger partial charge in [0.2, 0.25) is 0 Å². The first-order chi connectivity index (χ1) is 12.2. The number of hydrogen-bond donors (Lipinski definition) is 1. The Morgan fingerprint density at radius 2 is 2.00 bits per heavy atom. The summed E-state index contributed by atoms with van der Waals surface area (Å²) >= 11 is 0. The number of aromatic nitrogens is 1. The van der Waals surface area contributed by atoms with Crippen molar-refractivity contribution in [2.24, 2.45) is 0 Å². The number of carbonyl (C=O) groups excluding carboxylic acids is 1. The van der Waals surface area contributed by atoms with Gasteiger partial charge in [-0.15, -0.1) is 0 Å². The molecule has 0 fully saturated rings. The molecule has 2 rings (SSSR count). The molecule has 0 spiro atoms.